The van der Waals surface area contributed by atoms with Crippen LogP contribution < -0.4 is 0 Å². The van der Waals surface area contributed by atoms with E-state index >= 15 is 0 Å². The zero-order chi connectivity index (χ0) is 13.3. The maximum atomic E-state index is 9.88. The first-order chi connectivity index (χ1) is 7.65. The third-order valence-electron chi connectivity index (χ3n) is 2.98. The van der Waals surface area contributed by atoms with Gasteiger partial charge in [-0.15, -0.1) is 0 Å². The Balaban J connectivity index is 3.06. The van der Waals surface area contributed by atoms with Gasteiger partial charge in [0.25, 0.3) is 0 Å². The molecule has 0 bridgehead atoms. The smallest absolute Gasteiger partial charge is 0.119 e. The molecule has 96 valence electrons. The third kappa shape index (κ3) is 3.74. The molecular weight excluding hydrogens is 212 g/mol. The molecule has 0 atom stereocenters. The number of benzene rings is 1. The lowest BCUT2D eigenvalue weighted by molar-refractivity contribution is 0.159. The van der Waals surface area contributed by atoms with Crippen molar-refractivity contribution in [2.75, 3.05) is 6.61 Å². The number of hydrogen-bond donors (Lipinski definition) is 2. The topological polar surface area (TPSA) is 40.5 Å². The van der Waals surface area contributed by atoms with Crippen molar-refractivity contribution in [1.82, 2.24) is 0 Å². The van der Waals surface area contributed by atoms with Crippen LogP contribution in [0.3, 0.4) is 0 Å². The van der Waals surface area contributed by atoms with Gasteiger partial charge in [0.15, 0.2) is 0 Å². The molecule has 17 heavy (non-hydrogen) atoms. The van der Waals surface area contributed by atoms with Crippen molar-refractivity contribution in [2.24, 2.45) is 5.41 Å². The Morgan fingerprint density at radius 2 is 1.65 bits per heavy atom. The van der Waals surface area contributed by atoms with Gasteiger partial charge in [0, 0.05) is 6.61 Å². The Bertz CT molecular complexity index is 386. The number of hydrogen-bond acceptors (Lipinski definition) is 2. The first kappa shape index (κ1) is 14.0. The monoisotopic (exact) mass is 236 g/mol. The highest BCUT2D eigenvalue weighted by Crippen LogP contribution is 2.32. The molecule has 0 aromatic heterocycles. The summed E-state index contributed by atoms with van der Waals surface area (Å²) in [6.07, 6.45) is 0.812. The normalized spacial score (nSPS) is 12.8. The van der Waals surface area contributed by atoms with E-state index in [2.05, 4.69) is 20.8 Å². The van der Waals surface area contributed by atoms with E-state index in [1.165, 1.54) is 0 Å². The van der Waals surface area contributed by atoms with Gasteiger partial charge in [-0.2, -0.15) is 0 Å². The van der Waals surface area contributed by atoms with Crippen molar-refractivity contribution in [1.29, 1.82) is 0 Å². The van der Waals surface area contributed by atoms with Crippen molar-refractivity contribution >= 4 is 0 Å². The molecule has 0 saturated heterocycles. The van der Waals surface area contributed by atoms with E-state index in [4.69, 9.17) is 0 Å². The SMILES string of the molecule is CC(C)(CO)Cc1ccc(O)c(C(C)(C)C)c1. The lowest BCUT2D eigenvalue weighted by Gasteiger charge is -2.25. The maximum absolute atomic E-state index is 9.88. The molecule has 0 unspecified atom stereocenters. The predicted octanol–water partition coefficient (Wildman–Crippen LogP) is 3.25. The molecule has 0 heterocycles. The standard InChI is InChI=1S/C15H24O2/c1-14(2,3)12-8-11(6-7-13(12)17)9-15(4,5)10-16/h6-8,16-17H,9-10H2,1-5H3. The minimum atomic E-state index is -0.119. The molecule has 0 aliphatic carbocycles. The summed E-state index contributed by atoms with van der Waals surface area (Å²) in [7, 11) is 0. The summed E-state index contributed by atoms with van der Waals surface area (Å²) in [6.45, 7) is 10.5. The molecule has 2 nitrogen and oxygen atoms in total. The van der Waals surface area contributed by atoms with Gasteiger partial charge in [-0.3, -0.25) is 0 Å². The molecule has 0 aliphatic heterocycles. The minimum absolute atomic E-state index is 0.0660. The van der Waals surface area contributed by atoms with Crippen molar-refractivity contribution in [3.8, 4) is 5.75 Å². The van der Waals surface area contributed by atoms with Gasteiger partial charge in [0.05, 0.1) is 0 Å². The lowest BCUT2D eigenvalue weighted by atomic mass is 9.82. The summed E-state index contributed by atoms with van der Waals surface area (Å²) in [5.74, 6) is 0.350. The molecule has 0 fully saturated rings. The van der Waals surface area contributed by atoms with Crippen molar-refractivity contribution in [3.05, 3.63) is 29.3 Å². The van der Waals surface area contributed by atoms with Gasteiger partial charge in [-0.25, -0.2) is 0 Å². The molecule has 2 heteroatoms. The van der Waals surface area contributed by atoms with Crippen LogP contribution in [0.4, 0.5) is 0 Å². The fourth-order valence-corrected chi connectivity index (χ4v) is 1.90. The van der Waals surface area contributed by atoms with Gasteiger partial charge >= 0.3 is 0 Å². The predicted molar refractivity (Wildman–Crippen MR) is 71.4 cm³/mol. The zero-order valence-electron chi connectivity index (χ0n) is 11.5. The Hall–Kier alpha value is -1.02. The maximum Gasteiger partial charge on any atom is 0.119 e. The molecular formula is C15H24O2. The van der Waals surface area contributed by atoms with Crippen LogP contribution in [0.15, 0.2) is 18.2 Å². The van der Waals surface area contributed by atoms with Crippen LogP contribution in [0, 0.1) is 5.41 Å². The molecule has 2 N–H and O–H groups in total. The Labute approximate surface area is 104 Å². The van der Waals surface area contributed by atoms with Gasteiger partial charge < -0.3 is 10.2 Å². The highest BCUT2D eigenvalue weighted by molar-refractivity contribution is 5.40. The molecule has 0 radical (unpaired) electrons. The molecule has 1 aromatic carbocycles. The van der Waals surface area contributed by atoms with Gasteiger partial charge in [0.2, 0.25) is 0 Å². The largest absolute Gasteiger partial charge is 0.508 e. The van der Waals surface area contributed by atoms with Gasteiger partial charge in [0.1, 0.15) is 5.75 Å². The van der Waals surface area contributed by atoms with Crippen molar-refractivity contribution in [2.45, 2.75) is 46.5 Å². The van der Waals surface area contributed by atoms with Crippen LogP contribution >= 0.6 is 0 Å². The fraction of sp³-hybridized carbons (Fsp3) is 0.600. The molecule has 0 saturated carbocycles. The zero-order valence-corrected chi connectivity index (χ0v) is 11.5. The first-order valence-electron chi connectivity index (χ1n) is 6.09. The molecule has 1 aromatic rings. The van der Waals surface area contributed by atoms with E-state index in [-0.39, 0.29) is 17.4 Å². The average molecular weight is 236 g/mol. The molecule has 0 spiro atoms. The van der Waals surface area contributed by atoms with Gasteiger partial charge in [-0.05, 0) is 34.4 Å². The molecule has 1 rings (SSSR count). The number of phenolic OH excluding ortho intramolecular Hbond substituents is 1. The Morgan fingerprint density at radius 3 is 2.12 bits per heavy atom. The van der Waals surface area contributed by atoms with Crippen LogP contribution in [0.1, 0.15) is 45.7 Å². The van der Waals surface area contributed by atoms with E-state index in [0.717, 1.165) is 17.5 Å². The van der Waals surface area contributed by atoms with Crippen LogP contribution in [0.5, 0.6) is 5.75 Å². The van der Waals surface area contributed by atoms with Crippen LogP contribution in [0.2, 0.25) is 0 Å². The second-order valence-electron chi connectivity index (χ2n) is 6.60. The highest BCUT2D eigenvalue weighted by Gasteiger charge is 2.21. The van der Waals surface area contributed by atoms with Crippen LogP contribution in [-0.4, -0.2) is 16.8 Å². The summed E-state index contributed by atoms with van der Waals surface area (Å²) in [6, 6.07) is 5.73. The Morgan fingerprint density at radius 1 is 1.06 bits per heavy atom. The lowest BCUT2D eigenvalue weighted by Crippen LogP contribution is -2.20. The summed E-state index contributed by atoms with van der Waals surface area (Å²) < 4.78 is 0. The summed E-state index contributed by atoms with van der Waals surface area (Å²) >= 11 is 0. The Kier molecular flexibility index (Phi) is 3.88. The van der Waals surface area contributed by atoms with E-state index in [0.29, 0.717) is 5.75 Å². The third-order valence-corrected chi connectivity index (χ3v) is 2.98. The van der Waals surface area contributed by atoms with Crippen molar-refractivity contribution < 1.29 is 10.2 Å². The number of aromatic hydroxyl groups is 1. The van der Waals surface area contributed by atoms with E-state index in [1.54, 1.807) is 6.07 Å². The quantitative estimate of drug-likeness (QED) is 0.845. The van der Waals surface area contributed by atoms with Gasteiger partial charge in [-0.1, -0.05) is 46.8 Å². The highest BCUT2D eigenvalue weighted by atomic mass is 16.3. The van der Waals surface area contributed by atoms with Crippen molar-refractivity contribution in [3.63, 3.8) is 0 Å². The summed E-state index contributed by atoms with van der Waals surface area (Å²) in [5, 5.41) is 19.2. The van der Waals surface area contributed by atoms with E-state index < -0.39 is 0 Å². The van der Waals surface area contributed by atoms with E-state index in [9.17, 15) is 10.2 Å². The average Bonchev–Trinajstić information content (AvgIpc) is 2.19. The van der Waals surface area contributed by atoms with Crippen LogP contribution in [0.25, 0.3) is 0 Å². The number of rotatable bonds is 3. The second kappa shape index (κ2) is 4.69. The molecule has 0 aliphatic rings. The number of aliphatic hydroxyl groups excluding tert-OH is 1. The summed E-state index contributed by atoms with van der Waals surface area (Å²) in [5.41, 5.74) is 1.94. The number of aliphatic hydroxyl groups is 1. The minimum Gasteiger partial charge on any atom is -0.508 e. The van der Waals surface area contributed by atoms with Crippen LogP contribution in [-0.2, 0) is 11.8 Å². The molecule has 0 amide bonds. The second-order valence-corrected chi connectivity index (χ2v) is 6.60. The summed E-state index contributed by atoms with van der Waals surface area (Å²) in [4.78, 5) is 0. The number of phenols is 1. The van der Waals surface area contributed by atoms with E-state index in [1.807, 2.05) is 26.0 Å². The fourth-order valence-electron chi connectivity index (χ4n) is 1.90. The first-order valence-corrected chi connectivity index (χ1v) is 6.09.